The maximum Gasteiger partial charge on any atom is 0.128 e. The fourth-order valence-corrected chi connectivity index (χ4v) is 7.74. The van der Waals surface area contributed by atoms with E-state index in [1.165, 1.54) is 33.2 Å². The van der Waals surface area contributed by atoms with Crippen molar-refractivity contribution in [1.29, 1.82) is 0 Å². The molecule has 0 unspecified atom stereocenters. The molecule has 0 aliphatic heterocycles. The molecule has 0 radical (unpaired) electrons. The number of hydrogen-bond acceptors (Lipinski definition) is 4. The number of phenols is 1. The highest BCUT2D eigenvalue weighted by atomic mass is 32.1. The lowest BCUT2D eigenvalue weighted by molar-refractivity contribution is 0.476. The molecule has 0 bridgehead atoms. The van der Waals surface area contributed by atoms with Crippen molar-refractivity contribution in [2.75, 3.05) is 0 Å². The summed E-state index contributed by atoms with van der Waals surface area (Å²) >= 11 is 1.65. The van der Waals surface area contributed by atoms with Crippen molar-refractivity contribution in [2.45, 2.75) is 72.1 Å². The minimum Gasteiger partial charge on any atom is -0.507 e. The molecule has 2 aromatic heterocycles. The van der Waals surface area contributed by atoms with Crippen molar-refractivity contribution in [3.05, 3.63) is 126 Å². The molecule has 0 amide bonds. The maximum atomic E-state index is 11.0. The monoisotopic (exact) mass is 660 g/mol. The molecule has 0 spiro atoms. The zero-order valence-electron chi connectivity index (χ0n) is 29.7. The smallest absolute Gasteiger partial charge is 0.128 e. The molecule has 0 aliphatic carbocycles. The molecule has 246 valence electrons. The van der Waals surface area contributed by atoms with Gasteiger partial charge in [-0.3, -0.25) is 4.98 Å². The van der Waals surface area contributed by atoms with Gasteiger partial charge in [-0.1, -0.05) is 110 Å². The normalized spacial score (nSPS) is 12.3. The van der Waals surface area contributed by atoms with Gasteiger partial charge in [0.05, 0.1) is 21.3 Å². The number of aromatic hydroxyl groups is 1. The van der Waals surface area contributed by atoms with E-state index in [0.717, 1.165) is 48.6 Å². The summed E-state index contributed by atoms with van der Waals surface area (Å²) in [6.45, 7) is 17.9. The van der Waals surface area contributed by atoms with E-state index in [2.05, 4.69) is 146 Å². The van der Waals surface area contributed by atoms with Crippen LogP contribution < -0.4 is 0 Å². The van der Waals surface area contributed by atoms with Crippen LogP contribution in [-0.2, 0) is 10.8 Å². The molecule has 7 aromatic rings. The lowest BCUT2D eigenvalue weighted by Gasteiger charge is -2.22. The SMILES string of the molecule is CC(C)c1cc(-c2cccc(-c3cc(-c4ccccc4)cc4c(C(C)(C)C)ccnc34)c2)c2nc(-c3cc(C(C)(C)C)ccc3O)sc2c1. The average Bonchev–Trinajstić information content (AvgIpc) is 3.51. The van der Waals surface area contributed by atoms with Gasteiger partial charge in [0.1, 0.15) is 10.8 Å². The predicted octanol–water partition coefficient (Wildman–Crippen LogP) is 12.9. The molecule has 0 fully saturated rings. The fraction of sp³-hybridized carbons (Fsp3) is 0.244. The Labute approximate surface area is 294 Å². The van der Waals surface area contributed by atoms with E-state index in [4.69, 9.17) is 9.97 Å². The van der Waals surface area contributed by atoms with Crippen LogP contribution in [0.15, 0.2) is 109 Å². The third-order valence-electron chi connectivity index (χ3n) is 9.52. The molecule has 0 atom stereocenters. The Hall–Kier alpha value is -4.80. The predicted molar refractivity (Wildman–Crippen MR) is 210 cm³/mol. The van der Waals surface area contributed by atoms with Gasteiger partial charge >= 0.3 is 0 Å². The number of rotatable bonds is 5. The molecule has 1 N–H and O–H groups in total. The van der Waals surface area contributed by atoms with Crippen molar-refractivity contribution >= 4 is 32.5 Å². The first kappa shape index (κ1) is 32.7. The third kappa shape index (κ3) is 6.26. The second-order valence-electron chi connectivity index (χ2n) is 15.5. The molecule has 0 aliphatic rings. The first-order chi connectivity index (χ1) is 23.3. The van der Waals surface area contributed by atoms with Crippen LogP contribution in [0.2, 0.25) is 0 Å². The van der Waals surface area contributed by atoms with Gasteiger partial charge in [-0.05, 0) is 104 Å². The number of nitrogens with zero attached hydrogens (tertiary/aromatic N) is 2. The zero-order chi connectivity index (χ0) is 34.7. The van der Waals surface area contributed by atoms with Gasteiger partial charge in [0.15, 0.2) is 0 Å². The van der Waals surface area contributed by atoms with Crippen molar-refractivity contribution in [1.82, 2.24) is 9.97 Å². The summed E-state index contributed by atoms with van der Waals surface area (Å²) in [7, 11) is 0. The fourth-order valence-electron chi connectivity index (χ4n) is 6.67. The van der Waals surface area contributed by atoms with Crippen LogP contribution in [0.5, 0.6) is 5.75 Å². The van der Waals surface area contributed by atoms with Crippen LogP contribution >= 0.6 is 11.3 Å². The van der Waals surface area contributed by atoms with E-state index < -0.39 is 0 Å². The van der Waals surface area contributed by atoms with Gasteiger partial charge in [-0.15, -0.1) is 11.3 Å². The van der Waals surface area contributed by atoms with Gasteiger partial charge in [-0.25, -0.2) is 4.98 Å². The first-order valence-corrected chi connectivity index (χ1v) is 18.0. The van der Waals surface area contributed by atoms with Gasteiger partial charge < -0.3 is 5.11 Å². The summed E-state index contributed by atoms with van der Waals surface area (Å²) in [5.41, 5.74) is 13.2. The van der Waals surface area contributed by atoms with E-state index in [0.29, 0.717) is 5.92 Å². The largest absolute Gasteiger partial charge is 0.507 e. The zero-order valence-corrected chi connectivity index (χ0v) is 30.5. The Morgan fingerprint density at radius 2 is 1.31 bits per heavy atom. The van der Waals surface area contributed by atoms with Crippen LogP contribution in [0.3, 0.4) is 0 Å². The van der Waals surface area contributed by atoms with Gasteiger partial charge in [-0.2, -0.15) is 0 Å². The highest BCUT2D eigenvalue weighted by Gasteiger charge is 2.22. The highest BCUT2D eigenvalue weighted by Crippen LogP contribution is 2.43. The molecule has 4 heteroatoms. The number of thiazole rings is 1. The summed E-state index contributed by atoms with van der Waals surface area (Å²) < 4.78 is 1.12. The topological polar surface area (TPSA) is 46.0 Å². The Bertz CT molecular complexity index is 2340. The van der Waals surface area contributed by atoms with E-state index >= 15 is 0 Å². The van der Waals surface area contributed by atoms with Crippen LogP contribution in [0, 0.1) is 0 Å². The number of benzene rings is 5. The van der Waals surface area contributed by atoms with Gasteiger partial charge in [0, 0.05) is 22.7 Å². The molecule has 49 heavy (non-hydrogen) atoms. The minimum absolute atomic E-state index is 0.0400. The molecule has 3 nitrogen and oxygen atoms in total. The summed E-state index contributed by atoms with van der Waals surface area (Å²) in [6.07, 6.45) is 1.95. The number of aromatic nitrogens is 2. The van der Waals surface area contributed by atoms with E-state index in [9.17, 15) is 5.11 Å². The minimum atomic E-state index is -0.0416. The van der Waals surface area contributed by atoms with Gasteiger partial charge in [0.2, 0.25) is 0 Å². The third-order valence-corrected chi connectivity index (χ3v) is 10.6. The van der Waals surface area contributed by atoms with Crippen LogP contribution in [0.25, 0.3) is 65.1 Å². The lowest BCUT2D eigenvalue weighted by Crippen LogP contribution is -2.12. The molecular weight excluding hydrogens is 617 g/mol. The number of phenolic OH excluding ortho intramolecular Hbond substituents is 1. The Morgan fingerprint density at radius 3 is 1.98 bits per heavy atom. The summed E-state index contributed by atoms with van der Waals surface area (Å²) in [4.78, 5) is 10.2. The number of hydrogen-bond donors (Lipinski definition) is 1. The highest BCUT2D eigenvalue weighted by molar-refractivity contribution is 7.21. The number of fused-ring (bicyclic) bond motifs is 2. The van der Waals surface area contributed by atoms with Crippen molar-refractivity contribution in [3.8, 4) is 49.7 Å². The van der Waals surface area contributed by atoms with Crippen molar-refractivity contribution in [3.63, 3.8) is 0 Å². The van der Waals surface area contributed by atoms with E-state index in [1.54, 1.807) is 17.4 Å². The first-order valence-electron chi connectivity index (χ1n) is 17.2. The van der Waals surface area contributed by atoms with Crippen molar-refractivity contribution in [2.24, 2.45) is 0 Å². The molecule has 7 rings (SSSR count). The van der Waals surface area contributed by atoms with Gasteiger partial charge in [0.25, 0.3) is 0 Å². The molecule has 5 aromatic carbocycles. The van der Waals surface area contributed by atoms with E-state index in [-0.39, 0.29) is 16.6 Å². The average molecular weight is 661 g/mol. The molecule has 0 saturated heterocycles. The summed E-state index contributed by atoms with van der Waals surface area (Å²) in [5.74, 6) is 0.605. The second-order valence-corrected chi connectivity index (χ2v) is 16.6. The number of pyridine rings is 1. The van der Waals surface area contributed by atoms with Crippen LogP contribution in [0.4, 0.5) is 0 Å². The Balaban J connectivity index is 1.44. The Morgan fingerprint density at radius 1 is 0.612 bits per heavy atom. The molecule has 0 saturated carbocycles. The maximum absolute atomic E-state index is 11.0. The van der Waals surface area contributed by atoms with Crippen LogP contribution in [-0.4, -0.2) is 15.1 Å². The molecular formula is C45H44N2OS. The molecule has 2 heterocycles. The Kier molecular flexibility index (Phi) is 8.19. The van der Waals surface area contributed by atoms with Crippen molar-refractivity contribution < 1.29 is 5.11 Å². The second kappa shape index (κ2) is 12.3. The summed E-state index contributed by atoms with van der Waals surface area (Å²) in [6, 6.07) is 36.7. The summed E-state index contributed by atoms with van der Waals surface area (Å²) in [5, 5.41) is 13.0. The van der Waals surface area contributed by atoms with E-state index in [1.807, 2.05) is 12.3 Å². The lowest BCUT2D eigenvalue weighted by atomic mass is 9.83. The quantitative estimate of drug-likeness (QED) is 0.200. The standard InChI is InChI=1S/C45H44N2OS/c1-27(2)31-22-35(42-40(25-31)49-43(47-42)37-26-33(44(3,4)5)17-18-39(37)48)30-16-12-15-29(21-30)34-23-32(28-13-10-9-11-14-28)24-36-38(45(6,7)8)19-20-46-41(34)36/h9-27,48H,1-8H3. The van der Waals surface area contributed by atoms with Crippen LogP contribution in [0.1, 0.15) is 78.0 Å².